The fourth-order valence-corrected chi connectivity index (χ4v) is 4.01. The van der Waals surface area contributed by atoms with Crippen molar-refractivity contribution in [1.82, 2.24) is 10.2 Å². The van der Waals surface area contributed by atoms with Gasteiger partial charge in [0.15, 0.2) is 0 Å². The van der Waals surface area contributed by atoms with Crippen LogP contribution in [0.5, 0.6) is 5.75 Å². The Labute approximate surface area is 162 Å². The highest BCUT2D eigenvalue weighted by molar-refractivity contribution is 5.95. The lowest BCUT2D eigenvalue weighted by molar-refractivity contribution is 0.0941. The molecule has 0 aromatic heterocycles. The third-order valence-corrected chi connectivity index (χ3v) is 5.52. The highest BCUT2D eigenvalue weighted by Gasteiger charge is 2.23. The molecule has 0 bridgehead atoms. The van der Waals surface area contributed by atoms with E-state index in [-0.39, 0.29) is 5.91 Å². The number of amides is 1. The van der Waals surface area contributed by atoms with Crippen LogP contribution in [0.4, 0.5) is 0 Å². The highest BCUT2D eigenvalue weighted by atomic mass is 16.5. The normalized spacial score (nSPS) is 17.1. The second-order valence-electron chi connectivity index (χ2n) is 7.07. The van der Waals surface area contributed by atoms with Crippen LogP contribution in [-0.2, 0) is 6.42 Å². The van der Waals surface area contributed by atoms with E-state index in [0.29, 0.717) is 18.2 Å². The van der Waals surface area contributed by atoms with Crippen molar-refractivity contribution in [3.63, 3.8) is 0 Å². The average Bonchev–Trinajstić information content (AvgIpc) is 3.18. The number of aryl methyl sites for hydroxylation is 1. The van der Waals surface area contributed by atoms with E-state index in [1.807, 2.05) is 36.4 Å². The summed E-state index contributed by atoms with van der Waals surface area (Å²) >= 11 is 0. The van der Waals surface area contributed by atoms with Gasteiger partial charge in [0.2, 0.25) is 0 Å². The minimum absolute atomic E-state index is 0.00887. The van der Waals surface area contributed by atoms with Crippen molar-refractivity contribution >= 4 is 5.91 Å². The average molecular weight is 367 g/mol. The van der Waals surface area contributed by atoms with Gasteiger partial charge in [0.25, 0.3) is 5.91 Å². The molecule has 144 valence electrons. The second-order valence-corrected chi connectivity index (χ2v) is 7.07. The fourth-order valence-electron chi connectivity index (χ4n) is 4.01. The number of benzene rings is 2. The predicted octanol–water partition coefficient (Wildman–Crippen LogP) is 4.14. The Morgan fingerprint density at radius 3 is 2.78 bits per heavy atom. The first-order valence-electron chi connectivity index (χ1n) is 9.96. The Balaban J connectivity index is 1.77. The Bertz CT molecular complexity index is 788. The minimum atomic E-state index is -0.00887. The van der Waals surface area contributed by atoms with Crippen molar-refractivity contribution < 1.29 is 9.53 Å². The molecule has 1 fully saturated rings. The summed E-state index contributed by atoms with van der Waals surface area (Å²) in [6.07, 6.45) is 3.29. The Morgan fingerprint density at radius 1 is 1.22 bits per heavy atom. The zero-order valence-electron chi connectivity index (χ0n) is 16.6. The van der Waals surface area contributed by atoms with Gasteiger partial charge < -0.3 is 10.1 Å². The number of carbonyl (C=O) groups excluding carboxylic acids is 1. The topological polar surface area (TPSA) is 41.6 Å². The predicted molar refractivity (Wildman–Crippen MR) is 110 cm³/mol. The molecule has 0 radical (unpaired) electrons. The van der Waals surface area contributed by atoms with Crippen molar-refractivity contribution in [3.05, 3.63) is 53.6 Å². The molecule has 0 spiro atoms. The van der Waals surface area contributed by atoms with Crippen LogP contribution >= 0.6 is 0 Å². The maximum absolute atomic E-state index is 12.7. The van der Waals surface area contributed by atoms with E-state index in [1.165, 1.54) is 12.0 Å². The molecular formula is C23H30N2O2. The van der Waals surface area contributed by atoms with Gasteiger partial charge >= 0.3 is 0 Å². The third-order valence-electron chi connectivity index (χ3n) is 5.52. The van der Waals surface area contributed by atoms with Gasteiger partial charge in [-0.1, -0.05) is 44.2 Å². The number of likely N-dealkylation sites (N-methyl/N-ethyl adjacent to an activating group) is 1. The summed E-state index contributed by atoms with van der Waals surface area (Å²) in [6.45, 7) is 7.20. The number of hydrogen-bond donors (Lipinski definition) is 1. The number of likely N-dealkylation sites (tertiary alicyclic amines) is 1. The maximum Gasteiger partial charge on any atom is 0.251 e. The van der Waals surface area contributed by atoms with Gasteiger partial charge in [-0.15, -0.1) is 0 Å². The van der Waals surface area contributed by atoms with Crippen LogP contribution in [0.3, 0.4) is 0 Å². The van der Waals surface area contributed by atoms with Gasteiger partial charge in [0, 0.05) is 23.7 Å². The van der Waals surface area contributed by atoms with E-state index in [9.17, 15) is 4.79 Å². The van der Waals surface area contributed by atoms with Gasteiger partial charge in [0.1, 0.15) is 5.75 Å². The van der Waals surface area contributed by atoms with E-state index >= 15 is 0 Å². The van der Waals surface area contributed by atoms with Crippen LogP contribution in [0, 0.1) is 0 Å². The van der Waals surface area contributed by atoms with Gasteiger partial charge in [0.05, 0.1) is 7.11 Å². The third kappa shape index (κ3) is 4.33. The molecular weight excluding hydrogens is 336 g/mol. The van der Waals surface area contributed by atoms with Crippen LogP contribution in [0.25, 0.3) is 11.1 Å². The van der Waals surface area contributed by atoms with E-state index < -0.39 is 0 Å². The highest BCUT2D eigenvalue weighted by Crippen LogP contribution is 2.33. The first-order chi connectivity index (χ1) is 13.2. The lowest BCUT2D eigenvalue weighted by atomic mass is 9.98. The van der Waals surface area contributed by atoms with Crippen LogP contribution in [0.15, 0.2) is 42.5 Å². The van der Waals surface area contributed by atoms with E-state index in [2.05, 4.69) is 30.1 Å². The molecule has 2 aromatic rings. The molecule has 0 saturated carbocycles. The summed E-state index contributed by atoms with van der Waals surface area (Å²) in [5.74, 6) is 0.882. The van der Waals surface area contributed by atoms with E-state index in [1.54, 1.807) is 7.11 Å². The summed E-state index contributed by atoms with van der Waals surface area (Å²) in [4.78, 5) is 15.1. The zero-order chi connectivity index (χ0) is 19.2. The standard InChI is InChI=1S/C23H30N2O2/c1-4-17-9-7-13-21(22(17)27-3)18-10-6-11-19(15-18)23(26)24-16-20-12-8-14-25(20)5-2/h6-7,9-11,13,15,20H,4-5,8,12,14,16H2,1-3H3,(H,24,26)/t20-/m0/s1. The Kier molecular flexibility index (Phi) is 6.51. The van der Waals surface area contributed by atoms with Gasteiger partial charge in [-0.05, 0) is 55.6 Å². The summed E-state index contributed by atoms with van der Waals surface area (Å²) < 4.78 is 5.66. The molecule has 4 heteroatoms. The summed E-state index contributed by atoms with van der Waals surface area (Å²) in [6, 6.07) is 14.4. The number of nitrogens with zero attached hydrogens (tertiary/aromatic N) is 1. The zero-order valence-corrected chi connectivity index (χ0v) is 16.6. The van der Waals surface area contributed by atoms with Crippen LogP contribution in [-0.4, -0.2) is 43.6 Å². The maximum atomic E-state index is 12.7. The number of ether oxygens (including phenoxy) is 1. The van der Waals surface area contributed by atoms with Crippen molar-refractivity contribution in [1.29, 1.82) is 0 Å². The fraction of sp³-hybridized carbons (Fsp3) is 0.435. The van der Waals surface area contributed by atoms with Crippen molar-refractivity contribution in [2.45, 2.75) is 39.2 Å². The van der Waals surface area contributed by atoms with Crippen LogP contribution in [0.2, 0.25) is 0 Å². The number of methoxy groups -OCH3 is 1. The number of carbonyl (C=O) groups is 1. The molecule has 1 N–H and O–H groups in total. The quantitative estimate of drug-likeness (QED) is 0.801. The van der Waals surface area contributed by atoms with Gasteiger partial charge in [-0.3, -0.25) is 9.69 Å². The van der Waals surface area contributed by atoms with E-state index in [4.69, 9.17) is 4.74 Å². The summed E-state index contributed by atoms with van der Waals surface area (Å²) in [5, 5.41) is 3.12. The molecule has 1 amide bonds. The largest absolute Gasteiger partial charge is 0.496 e. The molecule has 1 aliphatic rings. The first-order valence-corrected chi connectivity index (χ1v) is 9.96. The van der Waals surface area contributed by atoms with Crippen LogP contribution < -0.4 is 10.1 Å². The minimum Gasteiger partial charge on any atom is -0.496 e. The molecule has 4 nitrogen and oxygen atoms in total. The van der Waals surface area contributed by atoms with Gasteiger partial charge in [-0.25, -0.2) is 0 Å². The molecule has 2 aromatic carbocycles. The molecule has 1 saturated heterocycles. The molecule has 0 unspecified atom stereocenters. The number of rotatable bonds is 7. The van der Waals surface area contributed by atoms with Crippen molar-refractivity contribution in [3.8, 4) is 16.9 Å². The molecule has 1 atom stereocenters. The van der Waals surface area contributed by atoms with Crippen LogP contribution in [0.1, 0.15) is 42.6 Å². The number of hydrogen-bond acceptors (Lipinski definition) is 3. The molecule has 1 aliphatic heterocycles. The molecule has 27 heavy (non-hydrogen) atoms. The molecule has 3 rings (SSSR count). The lowest BCUT2D eigenvalue weighted by Crippen LogP contribution is -2.40. The molecule has 1 heterocycles. The molecule has 0 aliphatic carbocycles. The van der Waals surface area contributed by atoms with Crippen molar-refractivity contribution in [2.24, 2.45) is 0 Å². The summed E-state index contributed by atoms with van der Waals surface area (Å²) in [7, 11) is 1.70. The van der Waals surface area contributed by atoms with Crippen molar-refractivity contribution in [2.75, 3.05) is 26.7 Å². The smallest absolute Gasteiger partial charge is 0.251 e. The lowest BCUT2D eigenvalue weighted by Gasteiger charge is -2.23. The monoisotopic (exact) mass is 366 g/mol. The Hall–Kier alpha value is -2.33. The number of nitrogens with one attached hydrogen (secondary N) is 1. The Morgan fingerprint density at radius 2 is 2.04 bits per heavy atom. The number of para-hydroxylation sites is 1. The van der Waals surface area contributed by atoms with E-state index in [0.717, 1.165) is 42.8 Å². The summed E-state index contributed by atoms with van der Waals surface area (Å²) in [5.41, 5.74) is 3.90. The van der Waals surface area contributed by atoms with Gasteiger partial charge in [-0.2, -0.15) is 0 Å². The second kappa shape index (κ2) is 9.05. The SMILES string of the molecule is CCc1cccc(-c2cccc(C(=O)NC[C@@H]3CCCN3CC)c2)c1OC. The first kappa shape index (κ1) is 19.4.